The van der Waals surface area contributed by atoms with E-state index in [0.717, 1.165) is 24.8 Å². The molecule has 2 nitrogen and oxygen atoms in total. The first-order chi connectivity index (χ1) is 9.19. The Hall–Kier alpha value is -1.61. The van der Waals surface area contributed by atoms with Gasteiger partial charge < -0.3 is 9.84 Å². The lowest BCUT2D eigenvalue weighted by Crippen LogP contribution is -2.04. The third-order valence-corrected chi connectivity index (χ3v) is 3.30. The fraction of sp³-hybridized carbons (Fsp3) is 0.375. The van der Waals surface area contributed by atoms with Gasteiger partial charge >= 0.3 is 0 Å². The van der Waals surface area contributed by atoms with Crippen molar-refractivity contribution in [3.63, 3.8) is 0 Å². The second-order valence-corrected chi connectivity index (χ2v) is 4.71. The summed E-state index contributed by atoms with van der Waals surface area (Å²) in [6.07, 6.45) is 9.15. The van der Waals surface area contributed by atoms with Crippen molar-refractivity contribution in [2.45, 2.75) is 32.3 Å². The minimum absolute atomic E-state index is 0.214. The molecule has 0 saturated heterocycles. The van der Waals surface area contributed by atoms with E-state index >= 15 is 0 Å². The van der Waals surface area contributed by atoms with Crippen LogP contribution in [-0.2, 0) is 4.74 Å². The first-order valence-corrected chi connectivity index (χ1v) is 6.65. The van der Waals surface area contributed by atoms with Gasteiger partial charge in [0.15, 0.2) is 11.6 Å². The molecule has 3 heteroatoms. The number of allylic oxidation sites excluding steroid dienone is 1. The molecule has 0 bridgehead atoms. The SMILES string of the molecule is CC/C(=C\c1ccc(O)c(F)c1)CC[C@@H]1C=CCO1. The lowest BCUT2D eigenvalue weighted by molar-refractivity contribution is 0.121. The molecular weight excluding hydrogens is 243 g/mol. The van der Waals surface area contributed by atoms with Gasteiger partial charge in [-0.15, -0.1) is 0 Å². The van der Waals surface area contributed by atoms with Gasteiger partial charge in [0, 0.05) is 0 Å². The first-order valence-electron chi connectivity index (χ1n) is 6.65. The minimum atomic E-state index is -0.578. The largest absolute Gasteiger partial charge is 0.505 e. The number of phenolic OH excluding ortho intramolecular Hbond substituents is 1. The first kappa shape index (κ1) is 13.8. The molecule has 1 aromatic carbocycles. The van der Waals surface area contributed by atoms with Crippen molar-refractivity contribution in [2.75, 3.05) is 6.61 Å². The van der Waals surface area contributed by atoms with Gasteiger partial charge in [0.1, 0.15) is 0 Å². The van der Waals surface area contributed by atoms with Crippen molar-refractivity contribution < 1.29 is 14.2 Å². The number of hydrogen-bond acceptors (Lipinski definition) is 2. The van der Waals surface area contributed by atoms with Crippen molar-refractivity contribution >= 4 is 6.08 Å². The molecule has 102 valence electrons. The van der Waals surface area contributed by atoms with Gasteiger partial charge in [0.25, 0.3) is 0 Å². The quantitative estimate of drug-likeness (QED) is 0.811. The third kappa shape index (κ3) is 3.93. The molecule has 1 N–H and O–H groups in total. The summed E-state index contributed by atoms with van der Waals surface area (Å²) in [5.41, 5.74) is 2.05. The second-order valence-electron chi connectivity index (χ2n) is 4.71. The fourth-order valence-electron chi connectivity index (χ4n) is 2.15. The molecule has 1 heterocycles. The Morgan fingerprint density at radius 1 is 1.53 bits per heavy atom. The maximum Gasteiger partial charge on any atom is 0.165 e. The Labute approximate surface area is 113 Å². The fourth-order valence-corrected chi connectivity index (χ4v) is 2.15. The van der Waals surface area contributed by atoms with Crippen LogP contribution in [0.1, 0.15) is 31.7 Å². The van der Waals surface area contributed by atoms with Crippen molar-refractivity contribution in [3.8, 4) is 5.75 Å². The molecule has 0 spiro atoms. The lowest BCUT2D eigenvalue weighted by atomic mass is 10.0. The number of rotatable bonds is 5. The zero-order chi connectivity index (χ0) is 13.7. The Balaban J connectivity index is 2.00. The Morgan fingerprint density at radius 2 is 2.37 bits per heavy atom. The molecule has 0 amide bonds. The standard InChI is InChI=1S/C16H19FO2/c1-2-12(5-7-14-4-3-9-19-14)10-13-6-8-16(18)15(17)11-13/h3-4,6,8,10-11,14,18H,2,5,7,9H2,1H3/b12-10+/t14-/m0/s1. The topological polar surface area (TPSA) is 29.5 Å². The van der Waals surface area contributed by atoms with Crippen LogP contribution in [0, 0.1) is 5.82 Å². The van der Waals surface area contributed by atoms with E-state index in [9.17, 15) is 4.39 Å². The number of halogens is 1. The van der Waals surface area contributed by atoms with E-state index in [1.807, 2.05) is 12.2 Å². The monoisotopic (exact) mass is 262 g/mol. The van der Waals surface area contributed by atoms with Crippen LogP contribution in [-0.4, -0.2) is 17.8 Å². The smallest absolute Gasteiger partial charge is 0.165 e. The van der Waals surface area contributed by atoms with E-state index < -0.39 is 5.82 Å². The van der Waals surface area contributed by atoms with Crippen LogP contribution in [0.4, 0.5) is 4.39 Å². The van der Waals surface area contributed by atoms with E-state index in [1.165, 1.54) is 17.7 Å². The van der Waals surface area contributed by atoms with E-state index in [-0.39, 0.29) is 11.9 Å². The van der Waals surface area contributed by atoms with Crippen LogP contribution >= 0.6 is 0 Å². The third-order valence-electron chi connectivity index (χ3n) is 3.30. The van der Waals surface area contributed by atoms with Crippen LogP contribution < -0.4 is 0 Å². The highest BCUT2D eigenvalue weighted by Crippen LogP contribution is 2.22. The average molecular weight is 262 g/mol. The lowest BCUT2D eigenvalue weighted by Gasteiger charge is -2.10. The summed E-state index contributed by atoms with van der Waals surface area (Å²) in [7, 11) is 0. The molecule has 1 aromatic rings. The molecule has 0 aliphatic carbocycles. The van der Waals surface area contributed by atoms with Gasteiger partial charge in [0.05, 0.1) is 12.7 Å². The maximum absolute atomic E-state index is 13.3. The highest BCUT2D eigenvalue weighted by molar-refractivity contribution is 5.54. The summed E-state index contributed by atoms with van der Waals surface area (Å²) in [6.45, 7) is 2.80. The summed E-state index contributed by atoms with van der Waals surface area (Å²) < 4.78 is 18.8. The number of ether oxygens (including phenoxy) is 1. The van der Waals surface area contributed by atoms with Crippen LogP contribution in [0.3, 0.4) is 0 Å². The number of phenols is 1. The predicted octanol–water partition coefficient (Wildman–Crippen LogP) is 4.06. The average Bonchev–Trinajstić information content (AvgIpc) is 2.92. The summed E-state index contributed by atoms with van der Waals surface area (Å²) in [4.78, 5) is 0. The van der Waals surface area contributed by atoms with Crippen molar-refractivity contribution in [2.24, 2.45) is 0 Å². The Bertz CT molecular complexity index is 492. The highest BCUT2D eigenvalue weighted by atomic mass is 19.1. The van der Waals surface area contributed by atoms with E-state index in [4.69, 9.17) is 9.84 Å². The second kappa shape index (κ2) is 6.53. The van der Waals surface area contributed by atoms with Crippen molar-refractivity contribution in [1.29, 1.82) is 0 Å². The van der Waals surface area contributed by atoms with Crippen LogP contribution in [0.15, 0.2) is 35.9 Å². The molecule has 1 atom stereocenters. The molecule has 19 heavy (non-hydrogen) atoms. The highest BCUT2D eigenvalue weighted by Gasteiger charge is 2.10. The molecule has 0 aromatic heterocycles. The molecular formula is C16H19FO2. The van der Waals surface area contributed by atoms with E-state index in [0.29, 0.717) is 6.61 Å². The molecule has 1 aliphatic rings. The maximum atomic E-state index is 13.3. The summed E-state index contributed by atoms with van der Waals surface area (Å²) in [5, 5.41) is 9.16. The van der Waals surface area contributed by atoms with Gasteiger partial charge in [-0.1, -0.05) is 36.8 Å². The predicted molar refractivity (Wildman–Crippen MR) is 74.4 cm³/mol. The zero-order valence-corrected chi connectivity index (χ0v) is 11.1. The normalized spacial score (nSPS) is 19.1. The van der Waals surface area contributed by atoms with Gasteiger partial charge in [-0.3, -0.25) is 0 Å². The number of benzene rings is 1. The summed E-state index contributed by atoms with van der Waals surface area (Å²) >= 11 is 0. The number of hydrogen-bond donors (Lipinski definition) is 1. The van der Waals surface area contributed by atoms with Crippen LogP contribution in [0.2, 0.25) is 0 Å². The van der Waals surface area contributed by atoms with Gasteiger partial charge in [-0.05, 0) is 37.0 Å². The molecule has 2 rings (SSSR count). The van der Waals surface area contributed by atoms with E-state index in [2.05, 4.69) is 13.0 Å². The number of aromatic hydroxyl groups is 1. The summed E-state index contributed by atoms with van der Waals surface area (Å²) in [5.74, 6) is -0.883. The van der Waals surface area contributed by atoms with Crippen molar-refractivity contribution in [1.82, 2.24) is 0 Å². The zero-order valence-electron chi connectivity index (χ0n) is 11.1. The molecule has 0 unspecified atom stereocenters. The molecule has 1 aliphatic heterocycles. The van der Waals surface area contributed by atoms with Crippen molar-refractivity contribution in [3.05, 3.63) is 47.3 Å². The van der Waals surface area contributed by atoms with Gasteiger partial charge in [-0.2, -0.15) is 0 Å². The van der Waals surface area contributed by atoms with Gasteiger partial charge in [0.2, 0.25) is 0 Å². The molecule has 0 radical (unpaired) electrons. The Kier molecular flexibility index (Phi) is 4.74. The van der Waals surface area contributed by atoms with E-state index in [1.54, 1.807) is 6.07 Å². The van der Waals surface area contributed by atoms with Crippen LogP contribution in [0.5, 0.6) is 5.75 Å². The minimum Gasteiger partial charge on any atom is -0.505 e. The van der Waals surface area contributed by atoms with Crippen LogP contribution in [0.25, 0.3) is 6.08 Å². The molecule has 0 fully saturated rings. The van der Waals surface area contributed by atoms with Gasteiger partial charge in [-0.25, -0.2) is 4.39 Å². The summed E-state index contributed by atoms with van der Waals surface area (Å²) in [6, 6.07) is 4.47. The Morgan fingerprint density at radius 3 is 3.00 bits per heavy atom. The molecule has 0 saturated carbocycles.